The van der Waals surface area contributed by atoms with Gasteiger partial charge in [0.25, 0.3) is 10.1 Å². The fourth-order valence-electron chi connectivity index (χ4n) is 1.43. The van der Waals surface area contributed by atoms with Gasteiger partial charge < -0.3 is 10.4 Å². The number of hydrogen-bond acceptors (Lipinski definition) is 5. The number of carbonyl (C=O) groups excluding carboxylic acids is 2. The quantitative estimate of drug-likeness (QED) is 0.530. The van der Waals surface area contributed by atoms with E-state index in [0.29, 0.717) is 0 Å². The van der Waals surface area contributed by atoms with Gasteiger partial charge in [-0.05, 0) is 24.6 Å². The summed E-state index contributed by atoms with van der Waals surface area (Å²) in [5.41, 5.74) is 0.114. The number of ketones is 1. The Morgan fingerprint density at radius 2 is 1.95 bits per heavy atom. The van der Waals surface area contributed by atoms with E-state index in [1.54, 1.807) is 0 Å². The maximum atomic E-state index is 11.3. The summed E-state index contributed by atoms with van der Waals surface area (Å²) in [6.07, 6.45) is -0.330. The Bertz CT molecular complexity index is 608. The average Bonchev–Trinajstić information content (AvgIpc) is 2.26. The molecule has 8 heteroatoms. The molecule has 7 nitrogen and oxygen atoms in total. The van der Waals surface area contributed by atoms with Gasteiger partial charge in [-0.25, -0.2) is 0 Å². The molecule has 19 heavy (non-hydrogen) atoms. The first-order valence-corrected chi connectivity index (χ1v) is 6.68. The third-order valence-electron chi connectivity index (χ3n) is 2.21. The van der Waals surface area contributed by atoms with Crippen LogP contribution in [-0.4, -0.2) is 29.8 Å². The summed E-state index contributed by atoms with van der Waals surface area (Å²) in [7, 11) is -4.51. The van der Waals surface area contributed by atoms with Gasteiger partial charge in [0.05, 0.1) is 13.0 Å². The maximum absolute atomic E-state index is 11.3. The van der Waals surface area contributed by atoms with Gasteiger partial charge in [0.1, 0.15) is 10.7 Å². The zero-order valence-corrected chi connectivity index (χ0v) is 10.9. The predicted molar refractivity (Wildman–Crippen MR) is 66.1 cm³/mol. The minimum Gasteiger partial charge on any atom is -0.392 e. The molecular formula is C11H13NO6S. The molecule has 0 aromatic heterocycles. The monoisotopic (exact) mass is 287 g/mol. The van der Waals surface area contributed by atoms with E-state index < -0.39 is 27.5 Å². The summed E-state index contributed by atoms with van der Waals surface area (Å²) in [5.74, 6) is -0.926. The molecule has 1 aromatic rings. The maximum Gasteiger partial charge on any atom is 0.294 e. The number of Topliss-reactive ketones (excluding diaryl/α,β-unsaturated/α-hetero) is 1. The van der Waals surface area contributed by atoms with Crippen molar-refractivity contribution in [1.82, 2.24) is 0 Å². The van der Waals surface area contributed by atoms with Crippen molar-refractivity contribution in [2.45, 2.75) is 24.8 Å². The zero-order valence-electron chi connectivity index (χ0n) is 10.1. The van der Waals surface area contributed by atoms with Crippen LogP contribution in [-0.2, 0) is 26.3 Å². The molecule has 0 aliphatic rings. The van der Waals surface area contributed by atoms with Crippen LogP contribution in [0.4, 0.5) is 5.69 Å². The molecule has 0 aliphatic carbocycles. The summed E-state index contributed by atoms with van der Waals surface area (Å²) in [6.45, 7) is 0.675. The molecule has 0 atom stereocenters. The molecule has 0 spiro atoms. The Morgan fingerprint density at radius 1 is 1.32 bits per heavy atom. The average molecular weight is 287 g/mol. The van der Waals surface area contributed by atoms with Gasteiger partial charge >= 0.3 is 0 Å². The van der Waals surface area contributed by atoms with Crippen LogP contribution in [0.2, 0.25) is 0 Å². The third kappa shape index (κ3) is 4.43. The molecule has 0 saturated heterocycles. The summed E-state index contributed by atoms with van der Waals surface area (Å²) in [5, 5.41) is 11.3. The highest BCUT2D eigenvalue weighted by Crippen LogP contribution is 2.21. The second-order valence-corrected chi connectivity index (χ2v) is 5.27. The van der Waals surface area contributed by atoms with Crippen molar-refractivity contribution in [3.8, 4) is 0 Å². The molecule has 0 heterocycles. The Balaban J connectivity index is 3.06. The Labute approximate surface area is 110 Å². The molecule has 1 aromatic carbocycles. The zero-order chi connectivity index (χ0) is 14.6. The molecule has 0 fully saturated rings. The van der Waals surface area contributed by atoms with Gasteiger partial charge in [-0.2, -0.15) is 8.42 Å². The van der Waals surface area contributed by atoms with Crippen LogP contribution in [0.15, 0.2) is 23.1 Å². The molecule has 0 aliphatic heterocycles. The number of amides is 1. The van der Waals surface area contributed by atoms with Gasteiger partial charge in [0.2, 0.25) is 5.91 Å². The van der Waals surface area contributed by atoms with Crippen LogP contribution in [0.25, 0.3) is 0 Å². The lowest BCUT2D eigenvalue weighted by atomic mass is 10.2. The van der Waals surface area contributed by atoms with Crippen LogP contribution in [0.3, 0.4) is 0 Å². The van der Waals surface area contributed by atoms with E-state index >= 15 is 0 Å². The minimum absolute atomic E-state index is 0.00654. The van der Waals surface area contributed by atoms with E-state index in [0.717, 1.165) is 6.07 Å². The van der Waals surface area contributed by atoms with Gasteiger partial charge in [0.15, 0.2) is 0 Å². The van der Waals surface area contributed by atoms with Crippen molar-refractivity contribution < 1.29 is 27.7 Å². The summed E-state index contributed by atoms with van der Waals surface area (Å²) in [6, 6.07) is 3.63. The first-order valence-electron chi connectivity index (χ1n) is 5.24. The van der Waals surface area contributed by atoms with Gasteiger partial charge in [-0.1, -0.05) is 6.07 Å². The third-order valence-corrected chi connectivity index (χ3v) is 3.14. The highest BCUT2D eigenvalue weighted by atomic mass is 32.2. The summed E-state index contributed by atoms with van der Waals surface area (Å²) < 4.78 is 31.2. The van der Waals surface area contributed by atoms with Crippen LogP contribution < -0.4 is 5.32 Å². The fourth-order valence-corrected chi connectivity index (χ4v) is 2.17. The summed E-state index contributed by atoms with van der Waals surface area (Å²) >= 11 is 0. The number of aliphatic hydroxyl groups is 1. The highest BCUT2D eigenvalue weighted by molar-refractivity contribution is 7.85. The van der Waals surface area contributed by atoms with E-state index in [-0.39, 0.29) is 23.5 Å². The molecule has 0 bridgehead atoms. The van der Waals surface area contributed by atoms with E-state index in [9.17, 15) is 18.0 Å². The minimum atomic E-state index is -4.51. The normalized spacial score (nSPS) is 11.1. The Hall–Kier alpha value is -1.77. The molecule has 0 unspecified atom stereocenters. The predicted octanol–water partition coefficient (Wildman–Crippen LogP) is 0.343. The second kappa shape index (κ2) is 5.91. The molecule has 1 amide bonds. The van der Waals surface area contributed by atoms with Crippen LogP contribution in [0, 0.1) is 0 Å². The number of aliphatic hydroxyl groups excluding tert-OH is 1. The van der Waals surface area contributed by atoms with Crippen molar-refractivity contribution in [2.24, 2.45) is 0 Å². The molecule has 1 rings (SSSR count). The smallest absolute Gasteiger partial charge is 0.294 e. The van der Waals surface area contributed by atoms with E-state index in [1.165, 1.54) is 19.1 Å². The SMILES string of the molecule is CC(=O)CC(=O)Nc1ccc(CO)c(S(=O)(=O)O)c1. The Morgan fingerprint density at radius 3 is 2.42 bits per heavy atom. The lowest BCUT2D eigenvalue weighted by molar-refractivity contribution is -0.124. The Kier molecular flexibility index (Phi) is 4.76. The number of hydrogen-bond donors (Lipinski definition) is 3. The number of anilines is 1. The number of rotatable bonds is 5. The van der Waals surface area contributed by atoms with E-state index in [1.807, 2.05) is 0 Å². The largest absolute Gasteiger partial charge is 0.392 e. The molecule has 0 saturated carbocycles. The molecule has 0 radical (unpaired) electrons. The molecule has 104 valence electrons. The van der Waals surface area contributed by atoms with Crippen LogP contribution in [0.5, 0.6) is 0 Å². The summed E-state index contributed by atoms with van der Waals surface area (Å²) in [4.78, 5) is 21.6. The fraction of sp³-hybridized carbons (Fsp3) is 0.273. The van der Waals surface area contributed by atoms with Gasteiger partial charge in [0, 0.05) is 5.69 Å². The number of benzene rings is 1. The van der Waals surface area contributed by atoms with Gasteiger partial charge in [-0.15, -0.1) is 0 Å². The highest BCUT2D eigenvalue weighted by Gasteiger charge is 2.16. The van der Waals surface area contributed by atoms with E-state index in [4.69, 9.17) is 9.66 Å². The van der Waals surface area contributed by atoms with Crippen molar-refractivity contribution in [3.63, 3.8) is 0 Å². The lowest BCUT2D eigenvalue weighted by Crippen LogP contribution is -2.15. The lowest BCUT2D eigenvalue weighted by Gasteiger charge is -2.08. The van der Waals surface area contributed by atoms with Gasteiger partial charge in [-0.3, -0.25) is 14.1 Å². The first kappa shape index (κ1) is 15.3. The molecule has 3 N–H and O–H groups in total. The van der Waals surface area contributed by atoms with Crippen molar-refractivity contribution >= 4 is 27.5 Å². The van der Waals surface area contributed by atoms with Crippen LogP contribution >= 0.6 is 0 Å². The number of carbonyl (C=O) groups is 2. The van der Waals surface area contributed by atoms with Crippen molar-refractivity contribution in [1.29, 1.82) is 0 Å². The van der Waals surface area contributed by atoms with Crippen molar-refractivity contribution in [3.05, 3.63) is 23.8 Å². The number of nitrogens with one attached hydrogen (secondary N) is 1. The van der Waals surface area contributed by atoms with Crippen LogP contribution in [0.1, 0.15) is 18.9 Å². The second-order valence-electron chi connectivity index (χ2n) is 3.88. The van der Waals surface area contributed by atoms with Crippen molar-refractivity contribution in [2.75, 3.05) is 5.32 Å². The first-order chi connectivity index (χ1) is 8.74. The topological polar surface area (TPSA) is 121 Å². The standard InChI is InChI=1S/C11H13NO6S/c1-7(14)4-11(15)12-9-3-2-8(6-13)10(5-9)19(16,17)18/h2-3,5,13H,4,6H2,1H3,(H,12,15)(H,16,17,18). The molecular weight excluding hydrogens is 274 g/mol. The van der Waals surface area contributed by atoms with E-state index in [2.05, 4.69) is 5.32 Å².